The standard InChI is InChI=1S/C10H7F3N2O2/c1-15-8(10(11,12)13)6-3-2-5(9(16)17)4-7(6)14-15/h2-4H,1H3,(H,16,17). The van der Waals surface area contributed by atoms with Crippen molar-refractivity contribution in [2.45, 2.75) is 6.18 Å². The lowest BCUT2D eigenvalue weighted by molar-refractivity contribution is -0.142. The number of aromatic nitrogens is 2. The minimum atomic E-state index is -4.52. The van der Waals surface area contributed by atoms with E-state index in [1.54, 1.807) is 0 Å². The summed E-state index contributed by atoms with van der Waals surface area (Å²) in [6.07, 6.45) is -4.52. The first-order valence-electron chi connectivity index (χ1n) is 4.58. The Balaban J connectivity index is 2.73. The van der Waals surface area contributed by atoms with Crippen molar-refractivity contribution in [3.63, 3.8) is 0 Å². The largest absolute Gasteiger partial charge is 0.478 e. The zero-order valence-electron chi connectivity index (χ0n) is 8.62. The van der Waals surface area contributed by atoms with Gasteiger partial charge in [0.05, 0.1) is 11.1 Å². The van der Waals surface area contributed by atoms with E-state index in [2.05, 4.69) is 5.10 Å². The predicted octanol–water partition coefficient (Wildman–Crippen LogP) is 2.29. The van der Waals surface area contributed by atoms with Crippen LogP contribution in [0.15, 0.2) is 18.2 Å². The van der Waals surface area contributed by atoms with Crippen LogP contribution in [-0.4, -0.2) is 20.9 Å². The SMILES string of the molecule is Cn1nc2cc(C(=O)O)ccc2c1C(F)(F)F. The lowest BCUT2D eigenvalue weighted by atomic mass is 10.1. The van der Waals surface area contributed by atoms with Gasteiger partial charge in [-0.2, -0.15) is 18.3 Å². The summed E-state index contributed by atoms with van der Waals surface area (Å²) in [6, 6.07) is 3.36. The van der Waals surface area contributed by atoms with Crippen molar-refractivity contribution in [3.05, 3.63) is 29.5 Å². The molecule has 90 valence electrons. The Labute approximate surface area is 93.3 Å². The molecule has 0 aliphatic heterocycles. The number of halogens is 3. The van der Waals surface area contributed by atoms with Crippen LogP contribution in [0.1, 0.15) is 16.1 Å². The monoisotopic (exact) mass is 244 g/mol. The molecule has 0 bridgehead atoms. The normalized spacial score (nSPS) is 12.0. The Morgan fingerprint density at radius 2 is 2.06 bits per heavy atom. The molecule has 0 saturated heterocycles. The Kier molecular flexibility index (Phi) is 2.34. The number of nitrogens with zero attached hydrogens (tertiary/aromatic N) is 2. The molecule has 2 rings (SSSR count). The van der Waals surface area contributed by atoms with Gasteiger partial charge in [0.25, 0.3) is 0 Å². The lowest BCUT2D eigenvalue weighted by Gasteiger charge is -2.06. The number of carboxylic acid groups (broad SMARTS) is 1. The van der Waals surface area contributed by atoms with E-state index in [-0.39, 0.29) is 16.5 Å². The number of hydrogen-bond acceptors (Lipinski definition) is 2. The average molecular weight is 244 g/mol. The fourth-order valence-electron chi connectivity index (χ4n) is 1.67. The third-order valence-corrected chi connectivity index (χ3v) is 2.35. The van der Waals surface area contributed by atoms with E-state index in [1.165, 1.54) is 7.05 Å². The molecule has 0 aliphatic rings. The van der Waals surface area contributed by atoms with Gasteiger partial charge in [-0.3, -0.25) is 4.68 Å². The molecule has 0 radical (unpaired) electrons. The van der Waals surface area contributed by atoms with Crippen LogP contribution in [0.2, 0.25) is 0 Å². The van der Waals surface area contributed by atoms with E-state index in [4.69, 9.17) is 5.11 Å². The minimum absolute atomic E-state index is 0.0136. The minimum Gasteiger partial charge on any atom is -0.478 e. The fraction of sp³-hybridized carbons (Fsp3) is 0.200. The third-order valence-electron chi connectivity index (χ3n) is 2.35. The van der Waals surface area contributed by atoms with Crippen LogP contribution in [0.3, 0.4) is 0 Å². The van der Waals surface area contributed by atoms with Gasteiger partial charge in [0.1, 0.15) is 5.69 Å². The van der Waals surface area contributed by atoms with Crippen LogP contribution in [0.5, 0.6) is 0 Å². The molecule has 0 unspecified atom stereocenters. The molecule has 0 fully saturated rings. The molecule has 1 aromatic carbocycles. The molecule has 7 heteroatoms. The van der Waals surface area contributed by atoms with E-state index < -0.39 is 17.8 Å². The number of carboxylic acids is 1. The van der Waals surface area contributed by atoms with Gasteiger partial charge in [0.2, 0.25) is 0 Å². The summed E-state index contributed by atoms with van der Waals surface area (Å²) in [7, 11) is 1.17. The number of benzene rings is 1. The predicted molar refractivity (Wildman–Crippen MR) is 52.7 cm³/mol. The summed E-state index contributed by atoms with van der Waals surface area (Å²) in [5.41, 5.74) is -0.964. The highest BCUT2D eigenvalue weighted by Gasteiger charge is 2.36. The first-order valence-corrected chi connectivity index (χ1v) is 4.58. The van der Waals surface area contributed by atoms with E-state index in [0.717, 1.165) is 18.2 Å². The van der Waals surface area contributed by atoms with E-state index in [0.29, 0.717) is 4.68 Å². The Hall–Kier alpha value is -2.05. The maximum atomic E-state index is 12.7. The zero-order chi connectivity index (χ0) is 12.8. The summed E-state index contributed by atoms with van der Waals surface area (Å²) in [5, 5.41) is 12.3. The summed E-state index contributed by atoms with van der Waals surface area (Å²) < 4.78 is 38.8. The number of fused-ring (bicyclic) bond motifs is 1. The van der Waals surface area contributed by atoms with Gasteiger partial charge < -0.3 is 5.11 Å². The van der Waals surface area contributed by atoms with Crippen LogP contribution >= 0.6 is 0 Å². The van der Waals surface area contributed by atoms with Crippen molar-refractivity contribution in [1.82, 2.24) is 9.78 Å². The van der Waals surface area contributed by atoms with Gasteiger partial charge in [-0.15, -0.1) is 0 Å². The van der Waals surface area contributed by atoms with Gasteiger partial charge in [0.15, 0.2) is 0 Å². The Morgan fingerprint density at radius 3 is 2.59 bits per heavy atom. The molecular weight excluding hydrogens is 237 g/mol. The van der Waals surface area contributed by atoms with Crippen LogP contribution in [-0.2, 0) is 13.2 Å². The topological polar surface area (TPSA) is 55.1 Å². The molecule has 1 aromatic heterocycles. The van der Waals surface area contributed by atoms with Crippen molar-refractivity contribution < 1.29 is 23.1 Å². The maximum absolute atomic E-state index is 12.7. The first-order chi connectivity index (χ1) is 7.80. The van der Waals surface area contributed by atoms with Crippen molar-refractivity contribution in [2.75, 3.05) is 0 Å². The molecule has 4 nitrogen and oxygen atoms in total. The molecule has 2 aromatic rings. The number of alkyl halides is 3. The van der Waals surface area contributed by atoms with Gasteiger partial charge >= 0.3 is 12.1 Å². The highest BCUT2D eigenvalue weighted by molar-refractivity contribution is 5.93. The highest BCUT2D eigenvalue weighted by atomic mass is 19.4. The Bertz CT molecular complexity index is 601. The fourth-order valence-corrected chi connectivity index (χ4v) is 1.67. The molecular formula is C10H7F3N2O2. The van der Waals surface area contributed by atoms with E-state index >= 15 is 0 Å². The summed E-state index contributed by atoms with van der Waals surface area (Å²) in [5.74, 6) is -1.20. The van der Waals surface area contributed by atoms with Gasteiger partial charge in [-0.25, -0.2) is 4.79 Å². The van der Waals surface area contributed by atoms with Crippen LogP contribution in [0.25, 0.3) is 10.9 Å². The number of aryl methyl sites for hydroxylation is 1. The highest BCUT2D eigenvalue weighted by Crippen LogP contribution is 2.34. The summed E-state index contributed by atoms with van der Waals surface area (Å²) >= 11 is 0. The average Bonchev–Trinajstić information content (AvgIpc) is 2.51. The van der Waals surface area contributed by atoms with Gasteiger partial charge in [-0.05, 0) is 18.2 Å². The molecule has 0 amide bonds. The molecule has 1 N–H and O–H groups in total. The summed E-state index contributed by atoms with van der Waals surface area (Å²) in [6.45, 7) is 0. The molecule has 17 heavy (non-hydrogen) atoms. The van der Waals surface area contributed by atoms with Crippen LogP contribution < -0.4 is 0 Å². The number of rotatable bonds is 1. The molecule has 0 spiro atoms. The number of hydrogen-bond donors (Lipinski definition) is 1. The second-order valence-corrected chi connectivity index (χ2v) is 3.51. The smallest absolute Gasteiger partial charge is 0.433 e. The quantitative estimate of drug-likeness (QED) is 0.837. The number of aromatic carboxylic acids is 1. The van der Waals surface area contributed by atoms with E-state index in [1.807, 2.05) is 0 Å². The lowest BCUT2D eigenvalue weighted by Crippen LogP contribution is -2.11. The second-order valence-electron chi connectivity index (χ2n) is 3.51. The molecule has 0 aliphatic carbocycles. The van der Waals surface area contributed by atoms with Crippen molar-refractivity contribution in [2.24, 2.45) is 7.05 Å². The third kappa shape index (κ3) is 1.83. The summed E-state index contributed by atoms with van der Waals surface area (Å²) in [4.78, 5) is 10.7. The Morgan fingerprint density at radius 1 is 1.41 bits per heavy atom. The molecule has 0 saturated carbocycles. The molecule has 1 heterocycles. The van der Waals surface area contributed by atoms with Gasteiger partial charge in [-0.1, -0.05) is 0 Å². The van der Waals surface area contributed by atoms with Crippen LogP contribution in [0, 0.1) is 0 Å². The zero-order valence-corrected chi connectivity index (χ0v) is 8.62. The maximum Gasteiger partial charge on any atom is 0.433 e. The second kappa shape index (κ2) is 3.47. The first kappa shape index (κ1) is 11.4. The van der Waals surface area contributed by atoms with Crippen LogP contribution in [0.4, 0.5) is 13.2 Å². The van der Waals surface area contributed by atoms with Gasteiger partial charge in [0, 0.05) is 12.4 Å². The van der Waals surface area contributed by atoms with Crippen molar-refractivity contribution in [3.8, 4) is 0 Å². The molecule has 0 atom stereocenters. The van der Waals surface area contributed by atoms with Crippen molar-refractivity contribution >= 4 is 16.9 Å². The van der Waals surface area contributed by atoms with E-state index in [9.17, 15) is 18.0 Å². The van der Waals surface area contributed by atoms with Crippen molar-refractivity contribution in [1.29, 1.82) is 0 Å². The number of carbonyl (C=O) groups is 1.